The number of aliphatic imine (C=N–C) groups is 1. The Morgan fingerprint density at radius 1 is 1.12 bits per heavy atom. The molecule has 8 heteroatoms. The molecular formula is C16H28N4O2S2. The summed E-state index contributed by atoms with van der Waals surface area (Å²) in [5, 5.41) is 6.24. The summed E-state index contributed by atoms with van der Waals surface area (Å²) in [5.41, 5.74) is 0. The topological polar surface area (TPSA) is 73.8 Å². The van der Waals surface area contributed by atoms with Crippen LogP contribution >= 0.6 is 11.8 Å². The average molecular weight is 373 g/mol. The Hall–Kier alpha value is -1.25. The van der Waals surface area contributed by atoms with Crippen molar-refractivity contribution in [3.05, 3.63) is 30.3 Å². The lowest BCUT2D eigenvalue weighted by Crippen LogP contribution is -2.42. The third kappa shape index (κ3) is 7.55. The highest BCUT2D eigenvalue weighted by molar-refractivity contribution is 7.99. The molecule has 0 aliphatic carbocycles. The summed E-state index contributed by atoms with van der Waals surface area (Å²) in [6.07, 6.45) is 0. The van der Waals surface area contributed by atoms with Crippen LogP contribution in [0.25, 0.3) is 0 Å². The van der Waals surface area contributed by atoms with E-state index < -0.39 is 10.0 Å². The van der Waals surface area contributed by atoms with E-state index in [0.29, 0.717) is 25.6 Å². The fourth-order valence-corrected chi connectivity index (χ4v) is 4.31. The maximum Gasteiger partial charge on any atom is 0.215 e. The highest BCUT2D eigenvalue weighted by atomic mass is 32.2. The van der Waals surface area contributed by atoms with Crippen LogP contribution in [0.1, 0.15) is 13.8 Å². The van der Waals surface area contributed by atoms with E-state index in [2.05, 4.69) is 27.8 Å². The summed E-state index contributed by atoms with van der Waals surface area (Å²) in [7, 11) is -1.52. The molecule has 0 atom stereocenters. The maximum atomic E-state index is 12.1. The molecule has 0 aliphatic rings. The van der Waals surface area contributed by atoms with Crippen molar-refractivity contribution in [3.8, 4) is 0 Å². The lowest BCUT2D eigenvalue weighted by atomic mass is 10.4. The van der Waals surface area contributed by atoms with Crippen LogP contribution in [-0.2, 0) is 10.0 Å². The van der Waals surface area contributed by atoms with E-state index in [0.717, 1.165) is 12.3 Å². The van der Waals surface area contributed by atoms with Crippen LogP contribution in [0.3, 0.4) is 0 Å². The van der Waals surface area contributed by atoms with E-state index in [9.17, 15) is 8.42 Å². The molecule has 2 N–H and O–H groups in total. The lowest BCUT2D eigenvalue weighted by molar-refractivity contribution is 0.445. The van der Waals surface area contributed by atoms with Gasteiger partial charge in [0.1, 0.15) is 0 Å². The number of rotatable bonds is 10. The fourth-order valence-electron chi connectivity index (χ4n) is 2.12. The monoisotopic (exact) mass is 372 g/mol. The van der Waals surface area contributed by atoms with Crippen molar-refractivity contribution in [2.75, 3.05) is 44.7 Å². The number of guanidine groups is 1. The normalized spacial score (nSPS) is 12.4. The highest BCUT2D eigenvalue weighted by Crippen LogP contribution is 2.15. The van der Waals surface area contributed by atoms with Gasteiger partial charge in [-0.15, -0.1) is 11.8 Å². The molecular weight excluding hydrogens is 344 g/mol. The van der Waals surface area contributed by atoms with Crippen LogP contribution in [0, 0.1) is 0 Å². The summed E-state index contributed by atoms with van der Waals surface area (Å²) in [5.74, 6) is 1.59. The summed E-state index contributed by atoms with van der Waals surface area (Å²) < 4.78 is 25.7. The summed E-state index contributed by atoms with van der Waals surface area (Å²) >= 11 is 1.76. The number of benzene rings is 1. The first kappa shape index (κ1) is 20.8. The van der Waals surface area contributed by atoms with Crippen molar-refractivity contribution in [1.82, 2.24) is 14.9 Å². The van der Waals surface area contributed by atoms with Crippen molar-refractivity contribution in [3.63, 3.8) is 0 Å². The van der Waals surface area contributed by atoms with Crippen LogP contribution in [0.2, 0.25) is 0 Å². The third-order valence-electron chi connectivity index (χ3n) is 3.38. The molecule has 0 unspecified atom stereocenters. The second kappa shape index (κ2) is 11.3. The van der Waals surface area contributed by atoms with E-state index in [1.165, 1.54) is 9.20 Å². The molecule has 0 aliphatic heterocycles. The molecule has 0 aromatic heterocycles. The maximum absolute atomic E-state index is 12.1. The Bertz CT molecular complexity index is 587. The zero-order valence-electron chi connectivity index (χ0n) is 14.7. The van der Waals surface area contributed by atoms with Gasteiger partial charge in [0.15, 0.2) is 5.96 Å². The second-order valence-corrected chi connectivity index (χ2v) is 8.24. The third-order valence-corrected chi connectivity index (χ3v) is 6.42. The SMILES string of the molecule is CCN(CC)S(=O)(=O)CCNC(=NC)NCCSc1ccccc1. The van der Waals surface area contributed by atoms with Gasteiger partial charge >= 0.3 is 0 Å². The van der Waals surface area contributed by atoms with Crippen molar-refractivity contribution in [1.29, 1.82) is 0 Å². The van der Waals surface area contributed by atoms with E-state index in [1.807, 2.05) is 32.0 Å². The molecule has 136 valence electrons. The number of thioether (sulfide) groups is 1. The van der Waals surface area contributed by atoms with Gasteiger partial charge in [0.25, 0.3) is 0 Å². The summed E-state index contributed by atoms with van der Waals surface area (Å²) in [4.78, 5) is 5.34. The fraction of sp³-hybridized carbons (Fsp3) is 0.562. The predicted molar refractivity (Wildman–Crippen MR) is 103 cm³/mol. The van der Waals surface area contributed by atoms with Gasteiger partial charge in [-0.05, 0) is 12.1 Å². The minimum absolute atomic E-state index is 0.0636. The molecule has 0 spiro atoms. The van der Waals surface area contributed by atoms with Gasteiger partial charge in [-0.3, -0.25) is 4.99 Å². The molecule has 0 radical (unpaired) electrons. The van der Waals surface area contributed by atoms with E-state index >= 15 is 0 Å². The largest absolute Gasteiger partial charge is 0.356 e. The molecule has 0 heterocycles. The smallest absolute Gasteiger partial charge is 0.215 e. The molecule has 1 rings (SSSR count). The first-order valence-electron chi connectivity index (χ1n) is 8.13. The lowest BCUT2D eigenvalue weighted by Gasteiger charge is -2.19. The summed E-state index contributed by atoms with van der Waals surface area (Å²) in [6.45, 7) is 5.79. The van der Waals surface area contributed by atoms with Gasteiger partial charge in [-0.2, -0.15) is 0 Å². The van der Waals surface area contributed by atoms with Gasteiger partial charge in [0, 0.05) is 43.9 Å². The average Bonchev–Trinajstić information content (AvgIpc) is 2.58. The zero-order chi connectivity index (χ0) is 17.8. The van der Waals surface area contributed by atoms with E-state index in [1.54, 1.807) is 18.8 Å². The number of hydrogen-bond acceptors (Lipinski definition) is 4. The van der Waals surface area contributed by atoms with Gasteiger partial charge in [0.2, 0.25) is 10.0 Å². The Labute approximate surface area is 150 Å². The Kier molecular flexibility index (Phi) is 9.82. The second-order valence-electron chi connectivity index (χ2n) is 4.99. The van der Waals surface area contributed by atoms with Crippen molar-refractivity contribution < 1.29 is 8.42 Å². The van der Waals surface area contributed by atoms with Gasteiger partial charge in [-0.1, -0.05) is 32.0 Å². The first-order valence-corrected chi connectivity index (χ1v) is 10.7. The summed E-state index contributed by atoms with van der Waals surface area (Å²) in [6, 6.07) is 10.2. The Balaban J connectivity index is 2.28. The quantitative estimate of drug-likeness (QED) is 0.283. The highest BCUT2D eigenvalue weighted by Gasteiger charge is 2.18. The Morgan fingerprint density at radius 2 is 1.75 bits per heavy atom. The van der Waals surface area contributed by atoms with Crippen LogP contribution < -0.4 is 10.6 Å². The number of hydrogen-bond donors (Lipinski definition) is 2. The number of sulfonamides is 1. The molecule has 0 fully saturated rings. The van der Waals surface area contributed by atoms with Crippen molar-refractivity contribution >= 4 is 27.7 Å². The van der Waals surface area contributed by atoms with Crippen LogP contribution in [0.5, 0.6) is 0 Å². The first-order chi connectivity index (χ1) is 11.5. The Morgan fingerprint density at radius 3 is 2.33 bits per heavy atom. The molecule has 6 nitrogen and oxygen atoms in total. The molecule has 24 heavy (non-hydrogen) atoms. The molecule has 0 bridgehead atoms. The van der Waals surface area contributed by atoms with Gasteiger partial charge < -0.3 is 10.6 Å². The molecule has 1 aromatic rings. The number of nitrogens with zero attached hydrogens (tertiary/aromatic N) is 2. The number of nitrogens with one attached hydrogen (secondary N) is 2. The minimum Gasteiger partial charge on any atom is -0.356 e. The standard InChI is InChI=1S/C16H28N4O2S2/c1-4-20(5-2)24(21,22)14-12-19-16(17-3)18-11-13-23-15-9-7-6-8-10-15/h6-10H,4-5,11-14H2,1-3H3,(H2,17,18,19). The van der Waals surface area contributed by atoms with E-state index in [4.69, 9.17) is 0 Å². The zero-order valence-corrected chi connectivity index (χ0v) is 16.3. The van der Waals surface area contributed by atoms with Crippen LogP contribution in [-0.4, -0.2) is 63.4 Å². The molecule has 0 saturated heterocycles. The molecule has 1 aromatic carbocycles. The predicted octanol–water partition coefficient (Wildman–Crippen LogP) is 1.62. The van der Waals surface area contributed by atoms with Gasteiger partial charge in [0.05, 0.1) is 5.75 Å². The molecule has 0 amide bonds. The van der Waals surface area contributed by atoms with E-state index in [-0.39, 0.29) is 5.75 Å². The van der Waals surface area contributed by atoms with Crippen molar-refractivity contribution in [2.45, 2.75) is 18.7 Å². The van der Waals surface area contributed by atoms with Crippen molar-refractivity contribution in [2.24, 2.45) is 4.99 Å². The molecule has 0 saturated carbocycles. The minimum atomic E-state index is -3.20. The van der Waals surface area contributed by atoms with Gasteiger partial charge in [-0.25, -0.2) is 12.7 Å². The van der Waals surface area contributed by atoms with Crippen LogP contribution in [0.4, 0.5) is 0 Å². The van der Waals surface area contributed by atoms with Crippen LogP contribution in [0.15, 0.2) is 40.2 Å².